The van der Waals surface area contributed by atoms with Gasteiger partial charge in [0.05, 0.1) is 0 Å². The van der Waals surface area contributed by atoms with Crippen molar-refractivity contribution in [2.45, 2.75) is 13.5 Å². The largest absolute Gasteiger partial charge is 0.334 e. The van der Waals surface area contributed by atoms with Gasteiger partial charge >= 0.3 is 0 Å². The van der Waals surface area contributed by atoms with Crippen LogP contribution in [0.5, 0.6) is 0 Å². The lowest BCUT2D eigenvalue weighted by molar-refractivity contribution is 0.411. The standard InChI is InChI=1S/C10H8F4N4/c1-2-18-4-3-5(17-18)15-8-6(11)9(13)16-10(14)7(8)12/h3-4H,2H2,1H3,(H,15,16,17). The van der Waals surface area contributed by atoms with Crippen molar-refractivity contribution >= 4 is 11.5 Å². The van der Waals surface area contributed by atoms with Gasteiger partial charge in [-0.15, -0.1) is 0 Å². The maximum atomic E-state index is 13.3. The van der Waals surface area contributed by atoms with E-state index in [1.807, 2.05) is 6.92 Å². The molecule has 8 heteroatoms. The number of nitrogens with one attached hydrogen (secondary N) is 1. The first-order valence-electron chi connectivity index (χ1n) is 5.03. The summed E-state index contributed by atoms with van der Waals surface area (Å²) < 4.78 is 53.7. The number of nitrogens with zero attached hydrogens (tertiary/aromatic N) is 3. The summed E-state index contributed by atoms with van der Waals surface area (Å²) in [5, 5.41) is 6.05. The van der Waals surface area contributed by atoms with E-state index >= 15 is 0 Å². The molecule has 0 aromatic carbocycles. The van der Waals surface area contributed by atoms with Gasteiger partial charge in [-0.2, -0.15) is 27.6 Å². The van der Waals surface area contributed by atoms with E-state index in [-0.39, 0.29) is 5.82 Å². The fraction of sp³-hybridized carbons (Fsp3) is 0.200. The van der Waals surface area contributed by atoms with E-state index in [1.165, 1.54) is 10.7 Å². The van der Waals surface area contributed by atoms with Gasteiger partial charge in [-0.3, -0.25) is 4.68 Å². The fourth-order valence-corrected chi connectivity index (χ4v) is 1.33. The highest BCUT2D eigenvalue weighted by molar-refractivity contribution is 5.56. The molecular weight excluding hydrogens is 252 g/mol. The smallest absolute Gasteiger partial charge is 0.253 e. The molecule has 0 bridgehead atoms. The molecule has 96 valence electrons. The van der Waals surface area contributed by atoms with Crippen molar-refractivity contribution in [1.82, 2.24) is 14.8 Å². The van der Waals surface area contributed by atoms with E-state index in [1.54, 1.807) is 6.20 Å². The summed E-state index contributed by atoms with van der Waals surface area (Å²) in [6.07, 6.45) is 1.55. The maximum absolute atomic E-state index is 13.3. The molecule has 0 amide bonds. The van der Waals surface area contributed by atoms with Crippen molar-refractivity contribution in [2.75, 3.05) is 5.32 Å². The number of hydrogen-bond donors (Lipinski definition) is 1. The molecule has 0 spiro atoms. The van der Waals surface area contributed by atoms with Crippen LogP contribution in [0.2, 0.25) is 0 Å². The van der Waals surface area contributed by atoms with Crippen molar-refractivity contribution in [3.05, 3.63) is 35.8 Å². The quantitative estimate of drug-likeness (QED) is 0.681. The van der Waals surface area contributed by atoms with Crippen molar-refractivity contribution in [3.8, 4) is 0 Å². The molecule has 0 fully saturated rings. The zero-order chi connectivity index (χ0) is 13.3. The van der Waals surface area contributed by atoms with Crippen molar-refractivity contribution < 1.29 is 17.6 Å². The number of pyridine rings is 1. The molecule has 0 saturated carbocycles. The summed E-state index contributed by atoms with van der Waals surface area (Å²) in [4.78, 5) is 2.45. The zero-order valence-electron chi connectivity index (χ0n) is 9.22. The molecule has 1 N–H and O–H groups in total. The van der Waals surface area contributed by atoms with Crippen molar-refractivity contribution in [1.29, 1.82) is 0 Å². The highest BCUT2D eigenvalue weighted by Gasteiger charge is 2.21. The Morgan fingerprint density at radius 2 is 1.78 bits per heavy atom. The molecule has 2 heterocycles. The molecule has 2 aromatic rings. The molecule has 0 radical (unpaired) electrons. The van der Waals surface area contributed by atoms with Crippen LogP contribution in [0.25, 0.3) is 0 Å². The summed E-state index contributed by atoms with van der Waals surface area (Å²) in [7, 11) is 0. The average Bonchev–Trinajstić information content (AvgIpc) is 2.80. The van der Waals surface area contributed by atoms with Crippen LogP contribution in [0.4, 0.5) is 29.1 Å². The first-order valence-corrected chi connectivity index (χ1v) is 5.03. The van der Waals surface area contributed by atoms with Crippen LogP contribution in [0.15, 0.2) is 12.3 Å². The molecule has 2 rings (SSSR count). The lowest BCUT2D eigenvalue weighted by atomic mass is 10.3. The lowest BCUT2D eigenvalue weighted by Crippen LogP contribution is -2.06. The van der Waals surface area contributed by atoms with Gasteiger partial charge in [0, 0.05) is 18.8 Å². The third-order valence-corrected chi connectivity index (χ3v) is 2.22. The molecule has 0 atom stereocenters. The Hall–Kier alpha value is -2.12. The maximum Gasteiger partial charge on any atom is 0.253 e. The topological polar surface area (TPSA) is 42.7 Å². The number of aromatic nitrogens is 3. The summed E-state index contributed by atoms with van der Waals surface area (Å²) in [6.45, 7) is 2.36. The molecule has 4 nitrogen and oxygen atoms in total. The van der Waals surface area contributed by atoms with Crippen LogP contribution < -0.4 is 5.32 Å². The Morgan fingerprint density at radius 3 is 2.28 bits per heavy atom. The van der Waals surface area contributed by atoms with Gasteiger partial charge in [0.25, 0.3) is 11.9 Å². The summed E-state index contributed by atoms with van der Waals surface area (Å²) in [6, 6.07) is 1.42. The van der Waals surface area contributed by atoms with Gasteiger partial charge in [0.2, 0.25) is 11.6 Å². The Morgan fingerprint density at radius 1 is 1.17 bits per heavy atom. The van der Waals surface area contributed by atoms with Gasteiger partial charge < -0.3 is 5.32 Å². The van der Waals surface area contributed by atoms with Crippen LogP contribution >= 0.6 is 0 Å². The first kappa shape index (κ1) is 12.3. The van der Waals surface area contributed by atoms with E-state index in [0.29, 0.717) is 6.54 Å². The van der Waals surface area contributed by atoms with E-state index in [2.05, 4.69) is 15.4 Å². The SMILES string of the molecule is CCn1ccc(Nc2c(F)c(F)nc(F)c2F)n1. The number of anilines is 2. The molecule has 0 unspecified atom stereocenters. The van der Waals surface area contributed by atoms with E-state index < -0.39 is 29.2 Å². The zero-order valence-corrected chi connectivity index (χ0v) is 9.22. The van der Waals surface area contributed by atoms with Crippen molar-refractivity contribution in [2.24, 2.45) is 0 Å². The molecule has 2 aromatic heterocycles. The summed E-state index contributed by atoms with van der Waals surface area (Å²) >= 11 is 0. The van der Waals surface area contributed by atoms with Gasteiger partial charge in [-0.05, 0) is 6.92 Å². The Bertz CT molecular complexity index is 555. The van der Waals surface area contributed by atoms with Gasteiger partial charge in [0.15, 0.2) is 5.82 Å². The molecular formula is C10H8F4N4. The molecule has 18 heavy (non-hydrogen) atoms. The molecule has 0 aliphatic carbocycles. The van der Waals surface area contributed by atoms with Gasteiger partial charge in [-0.1, -0.05) is 0 Å². The normalized spacial score (nSPS) is 10.7. The van der Waals surface area contributed by atoms with Crippen LogP contribution in [0.1, 0.15) is 6.92 Å². The van der Waals surface area contributed by atoms with E-state index in [9.17, 15) is 17.6 Å². The average molecular weight is 260 g/mol. The highest BCUT2D eigenvalue weighted by atomic mass is 19.2. The second kappa shape index (κ2) is 4.63. The Labute approximate surface area is 99.3 Å². The molecule has 0 aliphatic rings. The molecule has 0 saturated heterocycles. The second-order valence-corrected chi connectivity index (χ2v) is 3.38. The fourth-order valence-electron chi connectivity index (χ4n) is 1.33. The number of hydrogen-bond acceptors (Lipinski definition) is 3. The monoisotopic (exact) mass is 260 g/mol. The Kier molecular flexibility index (Phi) is 3.17. The van der Waals surface area contributed by atoms with Gasteiger partial charge in [-0.25, -0.2) is 0 Å². The number of halogens is 4. The van der Waals surface area contributed by atoms with Crippen LogP contribution in [0.3, 0.4) is 0 Å². The third-order valence-electron chi connectivity index (χ3n) is 2.22. The molecule has 0 aliphatic heterocycles. The third kappa shape index (κ3) is 2.13. The minimum Gasteiger partial charge on any atom is -0.334 e. The lowest BCUT2D eigenvalue weighted by Gasteiger charge is -2.06. The first-order chi connectivity index (χ1) is 8.52. The van der Waals surface area contributed by atoms with E-state index in [0.717, 1.165) is 0 Å². The Balaban J connectivity index is 2.39. The highest BCUT2D eigenvalue weighted by Crippen LogP contribution is 2.24. The summed E-state index contributed by atoms with van der Waals surface area (Å²) in [5.74, 6) is -6.56. The second-order valence-electron chi connectivity index (χ2n) is 3.38. The van der Waals surface area contributed by atoms with E-state index in [4.69, 9.17) is 0 Å². The minimum absolute atomic E-state index is 0.0691. The predicted molar refractivity (Wildman–Crippen MR) is 55.3 cm³/mol. The number of aryl methyl sites for hydroxylation is 1. The van der Waals surface area contributed by atoms with Crippen LogP contribution in [-0.4, -0.2) is 14.8 Å². The number of rotatable bonds is 3. The van der Waals surface area contributed by atoms with Crippen LogP contribution in [-0.2, 0) is 6.54 Å². The summed E-state index contributed by atoms with van der Waals surface area (Å²) in [5.41, 5.74) is -0.957. The minimum atomic E-state index is -1.72. The predicted octanol–water partition coefficient (Wildman–Crippen LogP) is 2.60. The van der Waals surface area contributed by atoms with Crippen molar-refractivity contribution in [3.63, 3.8) is 0 Å². The van der Waals surface area contributed by atoms with Gasteiger partial charge in [0.1, 0.15) is 5.69 Å². The van der Waals surface area contributed by atoms with Crippen LogP contribution in [0, 0.1) is 23.5 Å².